The molecule has 2 heterocycles. The summed E-state index contributed by atoms with van der Waals surface area (Å²) in [5, 5.41) is 10.4. The van der Waals surface area contributed by atoms with Crippen LogP contribution in [0.25, 0.3) is 21.8 Å². The van der Waals surface area contributed by atoms with Crippen LogP contribution in [0.2, 0.25) is 0 Å². The molecule has 0 aliphatic heterocycles. The number of hydrogen-bond acceptors (Lipinski definition) is 3. The van der Waals surface area contributed by atoms with Crippen molar-refractivity contribution in [2.75, 3.05) is 0 Å². The van der Waals surface area contributed by atoms with Crippen molar-refractivity contribution >= 4 is 33.6 Å². The number of nitrogens with one attached hydrogen (secondary N) is 2. The zero-order chi connectivity index (χ0) is 19.0. The number of fused-ring (bicyclic) bond motifs is 3. The molecule has 0 saturated carbocycles. The number of aliphatic carboxylic acids is 1. The molecule has 0 aliphatic carbocycles. The van der Waals surface area contributed by atoms with E-state index in [4.69, 9.17) is 5.11 Å². The zero-order valence-corrected chi connectivity index (χ0v) is 14.3. The van der Waals surface area contributed by atoms with Crippen LogP contribution in [-0.4, -0.2) is 26.8 Å². The van der Waals surface area contributed by atoms with Crippen molar-refractivity contribution in [3.8, 4) is 0 Å². The van der Waals surface area contributed by atoms with E-state index >= 15 is 0 Å². The van der Waals surface area contributed by atoms with Crippen LogP contribution < -0.4 is 5.56 Å². The van der Waals surface area contributed by atoms with E-state index in [1.165, 1.54) is 0 Å². The molecule has 6 nitrogen and oxygen atoms in total. The summed E-state index contributed by atoms with van der Waals surface area (Å²) >= 11 is 0. The highest BCUT2D eigenvalue weighted by Gasteiger charge is 2.15. The van der Waals surface area contributed by atoms with Gasteiger partial charge in [0.2, 0.25) is 0 Å². The summed E-state index contributed by atoms with van der Waals surface area (Å²) in [7, 11) is 0. The first-order valence-electron chi connectivity index (χ1n) is 8.52. The number of aromatic amines is 2. The van der Waals surface area contributed by atoms with Crippen LogP contribution in [0.5, 0.6) is 0 Å². The Morgan fingerprint density at radius 3 is 2.52 bits per heavy atom. The van der Waals surface area contributed by atoms with Crippen LogP contribution in [0.15, 0.2) is 59.5 Å². The van der Waals surface area contributed by atoms with Crippen LogP contribution >= 0.6 is 0 Å². The summed E-state index contributed by atoms with van der Waals surface area (Å²) in [6.07, 6.45) is 1.92. The molecule has 0 amide bonds. The topological polar surface area (TPSA) is 103 Å². The molecule has 134 valence electrons. The van der Waals surface area contributed by atoms with Gasteiger partial charge in [-0.2, -0.15) is 0 Å². The van der Waals surface area contributed by atoms with Gasteiger partial charge in [-0.15, -0.1) is 0 Å². The molecule has 4 aromatic rings. The lowest BCUT2D eigenvalue weighted by atomic mass is 9.98. The number of aryl methyl sites for hydroxylation is 1. The summed E-state index contributed by atoms with van der Waals surface area (Å²) in [6.45, 7) is 0. The Kier molecular flexibility index (Phi) is 4.08. The Bertz CT molecular complexity index is 1240. The second kappa shape index (κ2) is 6.57. The minimum absolute atomic E-state index is 0.0378. The third-order valence-corrected chi connectivity index (χ3v) is 4.63. The average Bonchev–Trinajstić information content (AvgIpc) is 3.11. The fourth-order valence-electron chi connectivity index (χ4n) is 3.33. The maximum Gasteiger partial charge on any atom is 0.303 e. The van der Waals surface area contributed by atoms with Crippen LogP contribution in [0.1, 0.15) is 27.9 Å². The van der Waals surface area contributed by atoms with Gasteiger partial charge < -0.3 is 15.1 Å². The van der Waals surface area contributed by atoms with E-state index in [0.717, 1.165) is 5.56 Å². The summed E-state index contributed by atoms with van der Waals surface area (Å²) in [4.78, 5) is 41.8. The summed E-state index contributed by atoms with van der Waals surface area (Å²) < 4.78 is 0. The Labute approximate surface area is 153 Å². The largest absolute Gasteiger partial charge is 0.481 e. The highest BCUT2D eigenvalue weighted by molar-refractivity contribution is 6.13. The number of carbonyl (C=O) groups excluding carboxylic acids is 1. The minimum atomic E-state index is -0.904. The van der Waals surface area contributed by atoms with E-state index in [1.807, 2.05) is 6.07 Å². The van der Waals surface area contributed by atoms with Gasteiger partial charge in [0.25, 0.3) is 5.56 Å². The van der Waals surface area contributed by atoms with E-state index in [9.17, 15) is 14.4 Å². The van der Waals surface area contributed by atoms with Gasteiger partial charge in [-0.05, 0) is 30.2 Å². The van der Waals surface area contributed by atoms with Gasteiger partial charge >= 0.3 is 5.97 Å². The fraction of sp³-hybridized carbons (Fsp3) is 0.0952. The maximum absolute atomic E-state index is 12.8. The highest BCUT2D eigenvalue weighted by Crippen LogP contribution is 2.27. The molecule has 27 heavy (non-hydrogen) atoms. The molecule has 0 spiro atoms. The molecular weight excluding hydrogens is 344 g/mol. The first kappa shape index (κ1) is 16.8. The molecule has 0 radical (unpaired) electrons. The molecule has 3 N–H and O–H groups in total. The monoisotopic (exact) mass is 360 g/mol. The highest BCUT2D eigenvalue weighted by atomic mass is 16.4. The van der Waals surface area contributed by atoms with Crippen LogP contribution in [0.4, 0.5) is 0 Å². The number of pyridine rings is 1. The molecule has 0 unspecified atom stereocenters. The van der Waals surface area contributed by atoms with E-state index in [2.05, 4.69) is 9.97 Å². The van der Waals surface area contributed by atoms with Gasteiger partial charge in [-0.1, -0.05) is 30.3 Å². The van der Waals surface area contributed by atoms with E-state index in [0.29, 0.717) is 39.4 Å². The van der Waals surface area contributed by atoms with Crippen LogP contribution in [0.3, 0.4) is 0 Å². The lowest BCUT2D eigenvalue weighted by molar-refractivity contribution is -0.136. The van der Waals surface area contributed by atoms with Gasteiger partial charge in [-0.25, -0.2) is 0 Å². The van der Waals surface area contributed by atoms with Gasteiger partial charge in [-0.3, -0.25) is 14.4 Å². The van der Waals surface area contributed by atoms with Crippen molar-refractivity contribution in [3.63, 3.8) is 0 Å². The molecule has 0 saturated heterocycles. The predicted molar refractivity (Wildman–Crippen MR) is 102 cm³/mol. The Balaban J connectivity index is 1.91. The second-order valence-corrected chi connectivity index (χ2v) is 6.37. The SMILES string of the molecule is O=C(O)CCc1c[nH]c2c(=O)[nH]c3ccc(C(=O)c4ccccc4)cc3c12. The molecule has 4 rings (SSSR count). The number of benzene rings is 2. The van der Waals surface area contributed by atoms with Crippen LogP contribution in [0, 0.1) is 0 Å². The number of rotatable bonds is 5. The number of hydrogen-bond donors (Lipinski definition) is 3. The summed E-state index contributed by atoms with van der Waals surface area (Å²) in [5.41, 5.74) is 2.54. The van der Waals surface area contributed by atoms with Crippen molar-refractivity contribution in [3.05, 3.63) is 81.8 Å². The van der Waals surface area contributed by atoms with E-state index in [1.54, 1.807) is 48.7 Å². The molecule has 0 atom stereocenters. The van der Waals surface area contributed by atoms with Crippen molar-refractivity contribution in [1.82, 2.24) is 9.97 Å². The Morgan fingerprint density at radius 2 is 1.78 bits per heavy atom. The Morgan fingerprint density at radius 1 is 1.00 bits per heavy atom. The molecule has 0 fully saturated rings. The smallest absolute Gasteiger partial charge is 0.303 e. The first-order valence-corrected chi connectivity index (χ1v) is 8.52. The van der Waals surface area contributed by atoms with Gasteiger partial charge in [0, 0.05) is 40.0 Å². The standard InChI is InChI=1S/C21H16N2O4/c24-17(25)9-7-14-11-22-19-18(14)15-10-13(6-8-16(15)23-21(19)27)20(26)12-4-2-1-3-5-12/h1-6,8,10-11,22H,7,9H2,(H,23,27)(H,24,25). The van der Waals surface area contributed by atoms with E-state index < -0.39 is 5.97 Å². The third-order valence-electron chi connectivity index (χ3n) is 4.63. The molecule has 6 heteroatoms. The molecule has 0 aliphatic rings. The lowest BCUT2D eigenvalue weighted by Crippen LogP contribution is -2.08. The number of carboxylic acid groups (broad SMARTS) is 1. The minimum Gasteiger partial charge on any atom is -0.481 e. The zero-order valence-electron chi connectivity index (χ0n) is 14.3. The first-order chi connectivity index (χ1) is 13.0. The number of carbonyl (C=O) groups is 2. The number of ketones is 1. The van der Waals surface area contributed by atoms with Gasteiger partial charge in [0.15, 0.2) is 5.78 Å². The van der Waals surface area contributed by atoms with Gasteiger partial charge in [0.05, 0.1) is 0 Å². The van der Waals surface area contributed by atoms with Gasteiger partial charge in [0.1, 0.15) is 5.52 Å². The van der Waals surface area contributed by atoms with Crippen molar-refractivity contribution in [2.24, 2.45) is 0 Å². The number of H-pyrrole nitrogens is 2. The maximum atomic E-state index is 12.8. The molecule has 0 bridgehead atoms. The summed E-state index contributed by atoms with van der Waals surface area (Å²) in [5.74, 6) is -1.02. The second-order valence-electron chi connectivity index (χ2n) is 6.37. The fourth-order valence-corrected chi connectivity index (χ4v) is 3.33. The molecular formula is C21H16N2O4. The predicted octanol–water partition coefficient (Wildman–Crippen LogP) is 3.26. The Hall–Kier alpha value is -3.67. The molecule has 2 aromatic carbocycles. The number of carboxylic acids is 1. The summed E-state index contributed by atoms with van der Waals surface area (Å²) in [6, 6.07) is 14.1. The normalized spacial score (nSPS) is 11.1. The van der Waals surface area contributed by atoms with Crippen molar-refractivity contribution in [2.45, 2.75) is 12.8 Å². The quantitative estimate of drug-likeness (QED) is 0.475. The number of aromatic nitrogens is 2. The third kappa shape index (κ3) is 3.01. The van der Waals surface area contributed by atoms with E-state index in [-0.39, 0.29) is 17.8 Å². The van der Waals surface area contributed by atoms with Crippen molar-refractivity contribution < 1.29 is 14.7 Å². The average molecular weight is 360 g/mol. The van der Waals surface area contributed by atoms with Crippen LogP contribution in [-0.2, 0) is 11.2 Å². The molecule has 2 aromatic heterocycles. The lowest BCUT2D eigenvalue weighted by Gasteiger charge is -2.06. The van der Waals surface area contributed by atoms with Crippen molar-refractivity contribution in [1.29, 1.82) is 0 Å².